The number of fused-ring (bicyclic) bond motifs is 6. The van der Waals surface area contributed by atoms with E-state index >= 15 is 0 Å². The van der Waals surface area contributed by atoms with E-state index in [4.69, 9.17) is 9.97 Å². The minimum absolute atomic E-state index is 0.704. The van der Waals surface area contributed by atoms with Crippen molar-refractivity contribution in [1.82, 2.24) is 14.5 Å². The van der Waals surface area contributed by atoms with Crippen molar-refractivity contribution in [3.05, 3.63) is 200 Å². The molecule has 3 aromatic heterocycles. The zero-order valence-corrected chi connectivity index (χ0v) is 31.1. The molecule has 3 nitrogen and oxygen atoms in total. The first kappa shape index (κ1) is 32.3. The number of benzene rings is 8. The second-order valence-electron chi connectivity index (χ2n) is 14.2. The highest BCUT2D eigenvalue weighted by atomic mass is 32.1. The number of thiophene rings is 1. The third-order valence-electron chi connectivity index (χ3n) is 10.8. The first-order chi connectivity index (χ1) is 27.8. The van der Waals surface area contributed by atoms with Crippen molar-refractivity contribution >= 4 is 53.3 Å². The number of hydrogen-bond donors (Lipinski definition) is 0. The summed E-state index contributed by atoms with van der Waals surface area (Å²) in [7, 11) is 0. The van der Waals surface area contributed by atoms with Crippen molar-refractivity contribution in [1.29, 1.82) is 0 Å². The maximum atomic E-state index is 5.11. The highest BCUT2D eigenvalue weighted by Gasteiger charge is 2.19. The molecule has 0 radical (unpaired) electrons. The Morgan fingerprint density at radius 2 is 0.929 bits per heavy atom. The second kappa shape index (κ2) is 13.3. The summed E-state index contributed by atoms with van der Waals surface area (Å²) in [6.07, 6.45) is 0. The minimum atomic E-state index is 0.704. The molecule has 0 N–H and O–H groups in total. The van der Waals surface area contributed by atoms with Gasteiger partial charge in [-0.25, -0.2) is 9.97 Å². The topological polar surface area (TPSA) is 30.7 Å². The first-order valence-electron chi connectivity index (χ1n) is 18.9. The molecule has 0 bridgehead atoms. The number of nitrogens with zero attached hydrogens (tertiary/aromatic N) is 3. The Morgan fingerprint density at radius 3 is 1.73 bits per heavy atom. The average Bonchev–Trinajstić information content (AvgIpc) is 3.83. The molecule has 0 saturated carbocycles. The number of hydrogen-bond acceptors (Lipinski definition) is 3. The van der Waals surface area contributed by atoms with Crippen LogP contribution < -0.4 is 0 Å². The third-order valence-corrected chi connectivity index (χ3v) is 12.1. The average molecular weight is 732 g/mol. The van der Waals surface area contributed by atoms with Gasteiger partial charge in [0, 0.05) is 58.8 Å². The van der Waals surface area contributed by atoms with E-state index in [1.807, 2.05) is 23.5 Å². The van der Waals surface area contributed by atoms with Gasteiger partial charge in [-0.15, -0.1) is 11.3 Å². The van der Waals surface area contributed by atoms with Gasteiger partial charge in [0.05, 0.1) is 28.1 Å². The molecule has 3 heterocycles. The summed E-state index contributed by atoms with van der Waals surface area (Å²) in [6.45, 7) is 0. The van der Waals surface area contributed by atoms with Gasteiger partial charge >= 0.3 is 0 Å². The van der Waals surface area contributed by atoms with Gasteiger partial charge in [-0.05, 0) is 53.6 Å². The minimum Gasteiger partial charge on any atom is -0.309 e. The summed E-state index contributed by atoms with van der Waals surface area (Å²) in [5.74, 6) is 0.704. The number of rotatable bonds is 6. The molecule has 11 aromatic rings. The van der Waals surface area contributed by atoms with Crippen LogP contribution in [-0.2, 0) is 0 Å². The van der Waals surface area contributed by atoms with E-state index in [1.165, 1.54) is 58.8 Å². The van der Waals surface area contributed by atoms with Gasteiger partial charge in [0.2, 0.25) is 0 Å². The largest absolute Gasteiger partial charge is 0.309 e. The fraction of sp³-hybridized carbons (Fsp3) is 0. The molecule has 0 spiro atoms. The molecule has 8 aromatic carbocycles. The van der Waals surface area contributed by atoms with Gasteiger partial charge in [-0.1, -0.05) is 158 Å². The van der Waals surface area contributed by atoms with Gasteiger partial charge in [-0.3, -0.25) is 0 Å². The van der Waals surface area contributed by atoms with Crippen molar-refractivity contribution in [2.24, 2.45) is 0 Å². The van der Waals surface area contributed by atoms with Crippen molar-refractivity contribution in [2.75, 3.05) is 0 Å². The Bertz CT molecular complexity index is 3190. The molecule has 0 atom stereocenters. The van der Waals surface area contributed by atoms with Crippen LogP contribution in [0.1, 0.15) is 0 Å². The van der Waals surface area contributed by atoms with E-state index < -0.39 is 0 Å². The number of para-hydroxylation sites is 2. The van der Waals surface area contributed by atoms with E-state index in [0.29, 0.717) is 5.82 Å². The standard InChI is InChI=1S/C52H33N3S/c1-3-15-34(16-4-1)45-33-46(35-17-5-2-6-18-35)54-52(53-45)38-20-13-19-36(31-38)37-29-30-49-44(32-37)40-22-8-11-27-48(40)55(49)47-26-10-7-21-39(47)42-24-14-25-43-41-23-9-12-28-50(41)56-51(42)43/h1-33H. The lowest BCUT2D eigenvalue weighted by Crippen LogP contribution is -1.97. The van der Waals surface area contributed by atoms with Crippen LogP contribution in [-0.4, -0.2) is 14.5 Å². The Labute approximate surface area is 328 Å². The lowest BCUT2D eigenvalue weighted by Gasteiger charge is -2.15. The first-order valence-corrected chi connectivity index (χ1v) is 19.7. The van der Waals surface area contributed by atoms with Crippen LogP contribution in [0.15, 0.2) is 200 Å². The van der Waals surface area contributed by atoms with Crippen LogP contribution in [0.5, 0.6) is 0 Å². The third kappa shape index (κ3) is 5.42. The molecule has 56 heavy (non-hydrogen) atoms. The summed E-state index contributed by atoms with van der Waals surface area (Å²) in [6, 6.07) is 71.4. The van der Waals surface area contributed by atoms with Gasteiger partial charge < -0.3 is 4.57 Å². The summed E-state index contributed by atoms with van der Waals surface area (Å²) in [5, 5.41) is 5.06. The summed E-state index contributed by atoms with van der Waals surface area (Å²) in [4.78, 5) is 10.2. The Hall–Kier alpha value is -7.14. The normalized spacial score (nSPS) is 11.6. The molecule has 0 aliphatic rings. The van der Waals surface area contributed by atoms with Crippen molar-refractivity contribution in [3.8, 4) is 61.8 Å². The predicted molar refractivity (Wildman–Crippen MR) is 236 cm³/mol. The Balaban J connectivity index is 1.05. The fourth-order valence-electron chi connectivity index (χ4n) is 8.20. The van der Waals surface area contributed by atoms with E-state index in [9.17, 15) is 0 Å². The summed E-state index contributed by atoms with van der Waals surface area (Å²) < 4.78 is 5.08. The molecule has 4 heteroatoms. The smallest absolute Gasteiger partial charge is 0.160 e. The molecule has 0 aliphatic heterocycles. The quantitative estimate of drug-likeness (QED) is 0.170. The molecule has 11 rings (SSSR count). The van der Waals surface area contributed by atoms with Crippen LogP contribution in [0, 0.1) is 0 Å². The zero-order valence-electron chi connectivity index (χ0n) is 30.3. The van der Waals surface area contributed by atoms with Crippen molar-refractivity contribution in [3.63, 3.8) is 0 Å². The lowest BCUT2D eigenvalue weighted by molar-refractivity contribution is 1.18. The highest BCUT2D eigenvalue weighted by Crippen LogP contribution is 2.43. The summed E-state index contributed by atoms with van der Waals surface area (Å²) in [5.41, 5.74) is 13.2. The van der Waals surface area contributed by atoms with Crippen LogP contribution >= 0.6 is 11.3 Å². The molecule has 0 amide bonds. The molecule has 0 saturated heterocycles. The lowest BCUT2D eigenvalue weighted by atomic mass is 10.00. The molecular weight excluding hydrogens is 699 g/mol. The van der Waals surface area contributed by atoms with Crippen LogP contribution in [0.4, 0.5) is 0 Å². The molecule has 0 aliphatic carbocycles. The predicted octanol–water partition coefficient (Wildman–Crippen LogP) is 14.3. The molecule has 262 valence electrons. The van der Waals surface area contributed by atoms with Crippen LogP contribution in [0.25, 0.3) is 104 Å². The van der Waals surface area contributed by atoms with Gasteiger partial charge in [0.1, 0.15) is 0 Å². The van der Waals surface area contributed by atoms with E-state index in [2.05, 4.69) is 193 Å². The fourth-order valence-corrected chi connectivity index (χ4v) is 9.43. The highest BCUT2D eigenvalue weighted by molar-refractivity contribution is 7.26. The van der Waals surface area contributed by atoms with E-state index in [0.717, 1.165) is 39.2 Å². The molecular formula is C52H33N3S. The van der Waals surface area contributed by atoms with Crippen molar-refractivity contribution < 1.29 is 0 Å². The maximum absolute atomic E-state index is 5.11. The maximum Gasteiger partial charge on any atom is 0.160 e. The van der Waals surface area contributed by atoms with E-state index in [-0.39, 0.29) is 0 Å². The second-order valence-corrected chi connectivity index (χ2v) is 15.2. The Morgan fingerprint density at radius 1 is 0.357 bits per heavy atom. The molecule has 0 unspecified atom stereocenters. The summed E-state index contributed by atoms with van der Waals surface area (Å²) >= 11 is 1.88. The van der Waals surface area contributed by atoms with Gasteiger partial charge in [0.25, 0.3) is 0 Å². The van der Waals surface area contributed by atoms with Crippen LogP contribution in [0.3, 0.4) is 0 Å². The van der Waals surface area contributed by atoms with E-state index in [1.54, 1.807) is 0 Å². The van der Waals surface area contributed by atoms with Crippen LogP contribution in [0.2, 0.25) is 0 Å². The monoisotopic (exact) mass is 731 g/mol. The molecule has 0 fully saturated rings. The van der Waals surface area contributed by atoms with Gasteiger partial charge in [-0.2, -0.15) is 0 Å². The SMILES string of the molecule is c1ccc(-c2cc(-c3ccccc3)nc(-c3cccc(-c4ccc5c(c4)c4ccccc4n5-c4ccccc4-c4cccc5c4sc4ccccc45)c3)n2)cc1. The zero-order chi connectivity index (χ0) is 37.0. The van der Waals surface area contributed by atoms with Crippen molar-refractivity contribution in [2.45, 2.75) is 0 Å². The Kier molecular flexibility index (Phi) is 7.68. The van der Waals surface area contributed by atoms with Gasteiger partial charge in [0.15, 0.2) is 5.82 Å². The number of aromatic nitrogens is 3.